The van der Waals surface area contributed by atoms with Crippen molar-refractivity contribution in [3.63, 3.8) is 0 Å². The average Bonchev–Trinajstić information content (AvgIpc) is 3.56. The fourth-order valence-corrected chi connectivity index (χ4v) is 4.40. The molecule has 176 valence electrons. The number of hydrogen-bond acceptors (Lipinski definition) is 9. The zero-order valence-corrected chi connectivity index (χ0v) is 19.5. The lowest BCUT2D eigenvalue weighted by atomic mass is 10.1. The van der Waals surface area contributed by atoms with Crippen LogP contribution in [0.2, 0.25) is 0 Å². The maximum Gasteiger partial charge on any atom is 0.337 e. The van der Waals surface area contributed by atoms with Gasteiger partial charge >= 0.3 is 5.97 Å². The van der Waals surface area contributed by atoms with E-state index in [2.05, 4.69) is 15.2 Å². The summed E-state index contributed by atoms with van der Waals surface area (Å²) in [5.74, 6) is 1.36. The second-order valence-corrected chi connectivity index (χ2v) is 8.57. The number of methoxy groups -OCH3 is 1. The molecule has 0 radical (unpaired) electrons. The van der Waals surface area contributed by atoms with Crippen LogP contribution in [-0.2, 0) is 23.5 Å². The van der Waals surface area contributed by atoms with Crippen molar-refractivity contribution in [1.82, 2.24) is 19.7 Å². The second kappa shape index (κ2) is 9.98. The molecule has 0 spiro atoms. The standard InChI is InChI=1S/C25H20N4O5S/c1-32-24(31)17-9-10-19-20(13-17)26-25(29(23(19)30)14-18-8-5-11-33-18)35-15-22-28-27-21(34-22)12-16-6-3-2-4-7-16/h2-11,13H,12,14-15H2,1H3. The Kier molecular flexibility index (Phi) is 6.44. The molecule has 10 heteroatoms. The van der Waals surface area contributed by atoms with Crippen molar-refractivity contribution in [2.45, 2.75) is 23.9 Å². The van der Waals surface area contributed by atoms with Gasteiger partial charge in [0.05, 0.1) is 48.6 Å². The molecule has 9 nitrogen and oxygen atoms in total. The van der Waals surface area contributed by atoms with E-state index >= 15 is 0 Å². The first-order valence-electron chi connectivity index (χ1n) is 10.7. The molecule has 0 fully saturated rings. The van der Waals surface area contributed by atoms with Crippen LogP contribution >= 0.6 is 11.8 Å². The molecule has 0 N–H and O–H groups in total. The highest BCUT2D eigenvalue weighted by Crippen LogP contribution is 2.24. The van der Waals surface area contributed by atoms with Gasteiger partial charge in [-0.1, -0.05) is 42.1 Å². The molecule has 5 rings (SSSR count). The Bertz CT molecular complexity index is 1530. The summed E-state index contributed by atoms with van der Waals surface area (Å²) in [7, 11) is 1.30. The van der Waals surface area contributed by atoms with Gasteiger partial charge in [-0.2, -0.15) is 0 Å². The third-order valence-corrected chi connectivity index (χ3v) is 6.23. The topological polar surface area (TPSA) is 113 Å². The second-order valence-electron chi connectivity index (χ2n) is 7.63. The molecule has 0 bridgehead atoms. The van der Waals surface area contributed by atoms with Gasteiger partial charge in [-0.25, -0.2) is 9.78 Å². The Balaban J connectivity index is 1.45. The fourth-order valence-electron chi connectivity index (χ4n) is 3.57. The number of esters is 1. The van der Waals surface area contributed by atoms with Crippen LogP contribution in [0.1, 0.15) is 33.5 Å². The number of thioether (sulfide) groups is 1. The molecular weight excluding hydrogens is 468 g/mol. The molecule has 0 aliphatic carbocycles. The third kappa shape index (κ3) is 5.02. The van der Waals surface area contributed by atoms with Gasteiger partial charge < -0.3 is 13.6 Å². The highest BCUT2D eigenvalue weighted by molar-refractivity contribution is 7.98. The predicted molar refractivity (Wildman–Crippen MR) is 128 cm³/mol. The van der Waals surface area contributed by atoms with E-state index in [-0.39, 0.29) is 12.1 Å². The summed E-state index contributed by atoms with van der Waals surface area (Å²) >= 11 is 1.29. The first-order chi connectivity index (χ1) is 17.1. The number of rotatable bonds is 8. The van der Waals surface area contributed by atoms with Gasteiger partial charge in [0.15, 0.2) is 5.16 Å². The van der Waals surface area contributed by atoms with E-state index in [1.54, 1.807) is 36.6 Å². The molecule has 0 aliphatic rings. The normalized spacial score (nSPS) is 11.1. The van der Waals surface area contributed by atoms with Crippen LogP contribution in [0.3, 0.4) is 0 Å². The number of ether oxygens (including phenoxy) is 1. The van der Waals surface area contributed by atoms with Gasteiger partial charge in [-0.15, -0.1) is 10.2 Å². The Hall–Kier alpha value is -4.18. The molecule has 35 heavy (non-hydrogen) atoms. The van der Waals surface area contributed by atoms with Crippen LogP contribution in [0.4, 0.5) is 0 Å². The fraction of sp³-hybridized carbons (Fsp3) is 0.160. The van der Waals surface area contributed by atoms with E-state index in [9.17, 15) is 9.59 Å². The van der Waals surface area contributed by atoms with Crippen LogP contribution in [0.5, 0.6) is 0 Å². The van der Waals surface area contributed by atoms with Crippen molar-refractivity contribution in [2.75, 3.05) is 7.11 Å². The number of hydrogen-bond donors (Lipinski definition) is 0. The Morgan fingerprint density at radius 3 is 2.66 bits per heavy atom. The molecule has 3 aromatic heterocycles. The number of nitrogens with zero attached hydrogens (tertiary/aromatic N) is 4. The Morgan fingerprint density at radius 1 is 1.06 bits per heavy atom. The summed E-state index contributed by atoms with van der Waals surface area (Å²) in [6.45, 7) is 0.207. The zero-order chi connectivity index (χ0) is 24.2. The zero-order valence-electron chi connectivity index (χ0n) is 18.7. The summed E-state index contributed by atoms with van der Waals surface area (Å²) in [6.07, 6.45) is 2.09. The smallest absolute Gasteiger partial charge is 0.337 e. The lowest BCUT2D eigenvalue weighted by molar-refractivity contribution is 0.0601. The first kappa shape index (κ1) is 22.6. The number of carbonyl (C=O) groups excluding carboxylic acids is 1. The predicted octanol–water partition coefficient (Wildman–Crippen LogP) is 4.09. The highest BCUT2D eigenvalue weighted by atomic mass is 32.2. The maximum absolute atomic E-state index is 13.3. The van der Waals surface area contributed by atoms with Crippen molar-refractivity contribution in [2.24, 2.45) is 0 Å². The molecule has 3 heterocycles. The largest absolute Gasteiger partial charge is 0.467 e. The number of fused-ring (bicyclic) bond motifs is 1. The van der Waals surface area contributed by atoms with E-state index in [0.717, 1.165) is 5.56 Å². The molecule has 5 aromatic rings. The van der Waals surface area contributed by atoms with Crippen LogP contribution < -0.4 is 5.56 Å². The lowest BCUT2D eigenvalue weighted by Crippen LogP contribution is -2.24. The minimum absolute atomic E-state index is 0.207. The molecule has 0 unspecified atom stereocenters. The number of benzene rings is 2. The highest BCUT2D eigenvalue weighted by Gasteiger charge is 2.17. The summed E-state index contributed by atoms with van der Waals surface area (Å²) in [6, 6.07) is 18.1. The van der Waals surface area contributed by atoms with Crippen LogP contribution in [-0.4, -0.2) is 32.8 Å². The van der Waals surface area contributed by atoms with Crippen molar-refractivity contribution < 1.29 is 18.4 Å². The number of carbonyl (C=O) groups is 1. The van der Waals surface area contributed by atoms with Crippen LogP contribution in [0.15, 0.2) is 85.7 Å². The van der Waals surface area contributed by atoms with Crippen molar-refractivity contribution >= 4 is 28.6 Å². The van der Waals surface area contributed by atoms with Gasteiger partial charge in [0, 0.05) is 0 Å². The summed E-state index contributed by atoms with van der Waals surface area (Å²) in [4.78, 5) is 30.0. The monoisotopic (exact) mass is 488 g/mol. The van der Waals surface area contributed by atoms with Gasteiger partial charge in [0.25, 0.3) is 5.56 Å². The molecule has 0 amide bonds. The Labute approximate surface area is 203 Å². The maximum atomic E-state index is 13.3. The third-order valence-electron chi connectivity index (χ3n) is 5.27. The summed E-state index contributed by atoms with van der Waals surface area (Å²) in [5, 5.41) is 9.08. The molecule has 0 atom stereocenters. The van der Waals surface area contributed by atoms with Gasteiger partial charge in [-0.05, 0) is 35.9 Å². The van der Waals surface area contributed by atoms with Gasteiger partial charge in [0.2, 0.25) is 11.8 Å². The van der Waals surface area contributed by atoms with E-state index in [4.69, 9.17) is 13.6 Å². The minimum atomic E-state index is -0.500. The number of aromatic nitrogens is 4. The van der Waals surface area contributed by atoms with Crippen LogP contribution in [0.25, 0.3) is 10.9 Å². The van der Waals surface area contributed by atoms with Crippen molar-refractivity contribution in [3.05, 3.63) is 106 Å². The summed E-state index contributed by atoms with van der Waals surface area (Å²) in [5.41, 5.74) is 1.53. The van der Waals surface area contributed by atoms with Crippen molar-refractivity contribution in [3.8, 4) is 0 Å². The van der Waals surface area contributed by atoms with E-state index < -0.39 is 5.97 Å². The summed E-state index contributed by atoms with van der Waals surface area (Å²) < 4.78 is 17.6. The van der Waals surface area contributed by atoms with E-state index in [1.165, 1.54) is 23.4 Å². The molecule has 0 saturated heterocycles. The van der Waals surface area contributed by atoms with Crippen LogP contribution in [0, 0.1) is 0 Å². The quantitative estimate of drug-likeness (QED) is 0.181. The number of furan rings is 1. The minimum Gasteiger partial charge on any atom is -0.467 e. The van der Waals surface area contributed by atoms with Crippen molar-refractivity contribution in [1.29, 1.82) is 0 Å². The van der Waals surface area contributed by atoms with Gasteiger partial charge in [-0.3, -0.25) is 9.36 Å². The van der Waals surface area contributed by atoms with E-state index in [1.807, 2.05) is 30.3 Å². The molecule has 0 saturated carbocycles. The van der Waals surface area contributed by atoms with E-state index in [0.29, 0.717) is 51.3 Å². The average molecular weight is 489 g/mol. The lowest BCUT2D eigenvalue weighted by Gasteiger charge is -2.12. The molecular formula is C25H20N4O5S. The Morgan fingerprint density at radius 2 is 1.89 bits per heavy atom. The molecule has 0 aliphatic heterocycles. The SMILES string of the molecule is COC(=O)c1ccc2c(=O)n(Cc3ccco3)c(SCc3nnc(Cc4ccccc4)o3)nc2c1. The first-order valence-corrected chi connectivity index (χ1v) is 11.7. The van der Waals surface area contributed by atoms with Gasteiger partial charge in [0.1, 0.15) is 5.76 Å². The molecule has 2 aromatic carbocycles.